The quantitative estimate of drug-likeness (QED) is 0.743. The smallest absolute Gasteiger partial charge is 0.332 e. The van der Waals surface area contributed by atoms with Gasteiger partial charge in [0.05, 0.1) is 10.7 Å². The molecule has 0 bridgehead atoms. The van der Waals surface area contributed by atoms with Crippen LogP contribution in [0.3, 0.4) is 0 Å². The number of imide groups is 1. The minimum absolute atomic E-state index is 0.117. The van der Waals surface area contributed by atoms with Crippen LogP contribution in [0.1, 0.15) is 12.8 Å². The van der Waals surface area contributed by atoms with Crippen LogP contribution in [0.15, 0.2) is 12.1 Å². The first-order valence-electron chi connectivity index (χ1n) is 6.40. The molecule has 0 aromatic heterocycles. The summed E-state index contributed by atoms with van der Waals surface area (Å²) in [5.41, 5.74) is 0.361. The molecule has 0 aliphatic carbocycles. The van der Waals surface area contributed by atoms with E-state index < -0.39 is 0 Å². The normalized spacial score (nSPS) is 23.8. The molecule has 1 aromatic carbocycles. The molecule has 7 heteroatoms. The van der Waals surface area contributed by atoms with Gasteiger partial charge in [0.25, 0.3) is 5.91 Å². The van der Waals surface area contributed by atoms with Gasteiger partial charge >= 0.3 is 6.03 Å². The SMILES string of the molecule is O=C1[C@H]2CCCN2C(=O)N1c1cc2c(cc1Cl)OCO2. The number of halogens is 1. The van der Waals surface area contributed by atoms with E-state index in [4.69, 9.17) is 21.1 Å². The van der Waals surface area contributed by atoms with Crippen LogP contribution in [0.25, 0.3) is 0 Å². The molecule has 4 rings (SSSR count). The van der Waals surface area contributed by atoms with Crippen LogP contribution in [0, 0.1) is 0 Å². The predicted molar refractivity (Wildman–Crippen MR) is 70.2 cm³/mol. The number of anilines is 1. The molecule has 3 aliphatic rings. The highest BCUT2D eigenvalue weighted by Crippen LogP contribution is 2.43. The number of nitrogens with zero attached hydrogens (tertiary/aromatic N) is 2. The second kappa shape index (κ2) is 4.02. The Morgan fingerprint density at radius 3 is 2.70 bits per heavy atom. The van der Waals surface area contributed by atoms with Crippen molar-refractivity contribution in [3.05, 3.63) is 17.2 Å². The fourth-order valence-electron chi connectivity index (χ4n) is 2.92. The Hall–Kier alpha value is -1.95. The van der Waals surface area contributed by atoms with Crippen molar-refractivity contribution in [2.45, 2.75) is 18.9 Å². The average molecular weight is 295 g/mol. The molecule has 20 heavy (non-hydrogen) atoms. The van der Waals surface area contributed by atoms with Crippen molar-refractivity contribution in [2.24, 2.45) is 0 Å². The summed E-state index contributed by atoms with van der Waals surface area (Å²) >= 11 is 6.18. The number of carbonyl (C=O) groups excluding carboxylic acids is 2. The van der Waals surface area contributed by atoms with E-state index in [0.29, 0.717) is 35.2 Å². The maximum atomic E-state index is 12.4. The molecule has 104 valence electrons. The maximum absolute atomic E-state index is 12.4. The minimum atomic E-state index is -0.344. The molecule has 0 unspecified atom stereocenters. The molecule has 3 amide bonds. The van der Waals surface area contributed by atoms with E-state index in [2.05, 4.69) is 0 Å². The largest absolute Gasteiger partial charge is 0.454 e. The van der Waals surface area contributed by atoms with Crippen molar-refractivity contribution in [1.82, 2.24) is 4.90 Å². The molecule has 3 aliphatic heterocycles. The Morgan fingerprint density at radius 2 is 1.95 bits per heavy atom. The first-order valence-corrected chi connectivity index (χ1v) is 6.78. The van der Waals surface area contributed by atoms with E-state index in [9.17, 15) is 9.59 Å². The van der Waals surface area contributed by atoms with Gasteiger partial charge in [0.1, 0.15) is 6.04 Å². The first-order chi connectivity index (χ1) is 9.66. The monoisotopic (exact) mass is 294 g/mol. The van der Waals surface area contributed by atoms with E-state index >= 15 is 0 Å². The van der Waals surface area contributed by atoms with Crippen molar-refractivity contribution >= 4 is 29.2 Å². The summed E-state index contributed by atoms with van der Waals surface area (Å²) in [7, 11) is 0. The lowest BCUT2D eigenvalue weighted by molar-refractivity contribution is -0.119. The topological polar surface area (TPSA) is 59.1 Å². The van der Waals surface area contributed by atoms with E-state index in [-0.39, 0.29) is 24.8 Å². The molecule has 6 nitrogen and oxygen atoms in total. The number of carbonyl (C=O) groups is 2. The summed E-state index contributed by atoms with van der Waals surface area (Å²) < 4.78 is 10.5. The van der Waals surface area contributed by atoms with Crippen molar-refractivity contribution in [3.8, 4) is 11.5 Å². The molecule has 3 heterocycles. The summed E-state index contributed by atoms with van der Waals surface area (Å²) in [6.45, 7) is 0.736. The highest BCUT2D eigenvalue weighted by Gasteiger charge is 2.48. The number of rotatable bonds is 1. The van der Waals surface area contributed by atoms with Crippen molar-refractivity contribution in [1.29, 1.82) is 0 Å². The van der Waals surface area contributed by atoms with E-state index in [1.165, 1.54) is 0 Å². The van der Waals surface area contributed by atoms with Gasteiger partial charge in [0.15, 0.2) is 11.5 Å². The van der Waals surface area contributed by atoms with Crippen LogP contribution in [-0.2, 0) is 4.79 Å². The Bertz CT molecular complexity index is 611. The fourth-order valence-corrected chi connectivity index (χ4v) is 3.16. The molecule has 0 spiro atoms. The van der Waals surface area contributed by atoms with Gasteiger partial charge < -0.3 is 14.4 Å². The molecule has 2 saturated heterocycles. The summed E-state index contributed by atoms with van der Waals surface area (Å²) in [4.78, 5) is 27.5. The second-order valence-electron chi connectivity index (χ2n) is 4.96. The molecule has 1 atom stereocenters. The summed E-state index contributed by atoms with van der Waals surface area (Å²) in [6, 6.07) is 2.51. The minimum Gasteiger partial charge on any atom is -0.454 e. The zero-order valence-corrected chi connectivity index (χ0v) is 11.2. The Labute approximate surface area is 119 Å². The Morgan fingerprint density at radius 1 is 1.20 bits per heavy atom. The number of hydrogen-bond acceptors (Lipinski definition) is 4. The molecule has 1 aromatic rings. The van der Waals surface area contributed by atoms with Gasteiger partial charge in [-0.15, -0.1) is 0 Å². The highest BCUT2D eigenvalue weighted by molar-refractivity contribution is 6.36. The maximum Gasteiger partial charge on any atom is 0.332 e. The van der Waals surface area contributed by atoms with Crippen LogP contribution in [0.5, 0.6) is 11.5 Å². The van der Waals surface area contributed by atoms with Crippen LogP contribution >= 0.6 is 11.6 Å². The summed E-state index contributed by atoms with van der Waals surface area (Å²) in [5.74, 6) is 0.809. The summed E-state index contributed by atoms with van der Waals surface area (Å²) in [6.07, 6.45) is 1.58. The highest BCUT2D eigenvalue weighted by atomic mass is 35.5. The second-order valence-corrected chi connectivity index (χ2v) is 5.37. The third-order valence-electron chi connectivity index (χ3n) is 3.88. The third kappa shape index (κ3) is 1.45. The molecule has 0 N–H and O–H groups in total. The van der Waals surface area contributed by atoms with Gasteiger partial charge in [-0.05, 0) is 12.8 Å². The van der Waals surface area contributed by atoms with E-state index in [0.717, 1.165) is 11.3 Å². The lowest BCUT2D eigenvalue weighted by Gasteiger charge is -2.17. The molecular formula is C13H11ClN2O4. The number of amides is 3. The van der Waals surface area contributed by atoms with Gasteiger partial charge in [-0.25, -0.2) is 9.69 Å². The Balaban J connectivity index is 1.78. The fraction of sp³-hybridized carbons (Fsp3) is 0.385. The number of benzene rings is 1. The number of ether oxygens (including phenoxy) is 2. The van der Waals surface area contributed by atoms with Gasteiger partial charge in [-0.1, -0.05) is 11.6 Å². The van der Waals surface area contributed by atoms with Crippen LogP contribution < -0.4 is 14.4 Å². The summed E-state index contributed by atoms with van der Waals surface area (Å²) in [5, 5.41) is 0.303. The van der Waals surface area contributed by atoms with Crippen LogP contribution in [-0.4, -0.2) is 36.2 Å². The van der Waals surface area contributed by atoms with Crippen molar-refractivity contribution in [3.63, 3.8) is 0 Å². The van der Waals surface area contributed by atoms with Gasteiger partial charge in [-0.2, -0.15) is 0 Å². The molecule has 0 radical (unpaired) electrons. The predicted octanol–water partition coefficient (Wildman–Crippen LogP) is 2.00. The zero-order chi connectivity index (χ0) is 13.9. The van der Waals surface area contributed by atoms with Gasteiger partial charge in [0.2, 0.25) is 6.79 Å². The number of urea groups is 1. The van der Waals surface area contributed by atoms with Gasteiger partial charge in [0, 0.05) is 18.7 Å². The third-order valence-corrected chi connectivity index (χ3v) is 4.18. The first kappa shape index (κ1) is 11.8. The lowest BCUT2D eigenvalue weighted by Crippen LogP contribution is -2.33. The van der Waals surface area contributed by atoms with Crippen molar-refractivity contribution in [2.75, 3.05) is 18.2 Å². The zero-order valence-electron chi connectivity index (χ0n) is 10.5. The van der Waals surface area contributed by atoms with Crippen LogP contribution in [0.4, 0.5) is 10.5 Å². The standard InChI is InChI=1S/C13H11ClN2O4/c14-7-4-10-11(20-6-19-10)5-9(7)16-12(17)8-2-1-3-15(8)13(16)18/h4-5,8H,1-3,6H2/t8-/m1/s1. The van der Waals surface area contributed by atoms with Crippen molar-refractivity contribution < 1.29 is 19.1 Å². The van der Waals surface area contributed by atoms with E-state index in [1.54, 1.807) is 17.0 Å². The lowest BCUT2D eigenvalue weighted by atomic mass is 10.2. The molecule has 2 fully saturated rings. The average Bonchev–Trinajstić information content (AvgIpc) is 3.09. The number of fused-ring (bicyclic) bond motifs is 2. The van der Waals surface area contributed by atoms with Gasteiger partial charge in [-0.3, -0.25) is 4.79 Å². The molecular weight excluding hydrogens is 284 g/mol. The van der Waals surface area contributed by atoms with E-state index in [1.807, 2.05) is 0 Å². The molecule has 0 saturated carbocycles. The Kier molecular flexibility index (Phi) is 2.38. The van der Waals surface area contributed by atoms with Crippen LogP contribution in [0.2, 0.25) is 5.02 Å². The number of hydrogen-bond donors (Lipinski definition) is 0.